The summed E-state index contributed by atoms with van der Waals surface area (Å²) >= 11 is 3.63. The summed E-state index contributed by atoms with van der Waals surface area (Å²) in [5.41, 5.74) is 0. The van der Waals surface area contributed by atoms with E-state index in [1.54, 1.807) is 0 Å². The smallest absolute Gasteiger partial charge is 0.134 e. The summed E-state index contributed by atoms with van der Waals surface area (Å²) < 4.78 is 6.87. The predicted molar refractivity (Wildman–Crippen MR) is 84.9 cm³/mol. The predicted octanol–water partition coefficient (Wildman–Crippen LogP) is 4.37. The van der Waals surface area contributed by atoms with Crippen LogP contribution in [-0.2, 0) is 0 Å². The average Bonchev–Trinajstić information content (AvgIpc) is 2.45. The van der Waals surface area contributed by atoms with Gasteiger partial charge in [0.1, 0.15) is 12.4 Å². The van der Waals surface area contributed by atoms with E-state index in [0.29, 0.717) is 12.6 Å². The van der Waals surface area contributed by atoms with E-state index < -0.39 is 0 Å². The standard InChI is InChI=1S/C16H20BrNO/c1-3-12(2)18-10-11-19-15-9-8-13-6-4-5-7-14(13)16(15)17/h4-9,12,18H,3,10-11H2,1-2H3/t12-/m1/s1. The van der Waals surface area contributed by atoms with Crippen LogP contribution in [0.25, 0.3) is 10.8 Å². The molecule has 1 N–H and O–H groups in total. The fourth-order valence-corrected chi connectivity index (χ4v) is 2.54. The zero-order valence-corrected chi connectivity index (χ0v) is 13.0. The molecular weight excluding hydrogens is 302 g/mol. The fraction of sp³-hybridized carbons (Fsp3) is 0.375. The molecule has 0 aromatic heterocycles. The van der Waals surface area contributed by atoms with Gasteiger partial charge in [0.15, 0.2) is 0 Å². The summed E-state index contributed by atoms with van der Waals surface area (Å²) in [6, 6.07) is 13.0. The number of benzene rings is 2. The molecule has 0 spiro atoms. The third-order valence-corrected chi connectivity index (χ3v) is 4.11. The molecule has 2 aromatic rings. The van der Waals surface area contributed by atoms with Crippen LogP contribution < -0.4 is 10.1 Å². The third-order valence-electron chi connectivity index (χ3n) is 3.29. The fourth-order valence-electron chi connectivity index (χ4n) is 1.94. The molecule has 102 valence electrons. The molecule has 2 aromatic carbocycles. The molecule has 0 amide bonds. The maximum atomic E-state index is 5.83. The maximum Gasteiger partial charge on any atom is 0.134 e. The lowest BCUT2D eigenvalue weighted by Crippen LogP contribution is -2.29. The first-order valence-corrected chi connectivity index (χ1v) is 7.55. The van der Waals surface area contributed by atoms with Gasteiger partial charge >= 0.3 is 0 Å². The molecule has 0 unspecified atom stereocenters. The van der Waals surface area contributed by atoms with Crippen molar-refractivity contribution in [2.45, 2.75) is 26.3 Å². The molecule has 0 fully saturated rings. The van der Waals surface area contributed by atoms with Crippen molar-refractivity contribution in [1.29, 1.82) is 0 Å². The zero-order valence-electron chi connectivity index (χ0n) is 11.4. The highest BCUT2D eigenvalue weighted by atomic mass is 79.9. The summed E-state index contributed by atoms with van der Waals surface area (Å²) in [4.78, 5) is 0. The average molecular weight is 322 g/mol. The van der Waals surface area contributed by atoms with Gasteiger partial charge in [-0.05, 0) is 46.1 Å². The highest BCUT2D eigenvalue weighted by Gasteiger charge is 2.05. The van der Waals surface area contributed by atoms with Crippen molar-refractivity contribution in [1.82, 2.24) is 5.32 Å². The summed E-state index contributed by atoms with van der Waals surface area (Å²) in [6.07, 6.45) is 1.14. The van der Waals surface area contributed by atoms with Gasteiger partial charge in [0.25, 0.3) is 0 Å². The van der Waals surface area contributed by atoms with Crippen LogP contribution in [0.5, 0.6) is 5.75 Å². The van der Waals surface area contributed by atoms with Crippen molar-refractivity contribution in [3.05, 3.63) is 40.9 Å². The molecule has 1 atom stereocenters. The Morgan fingerprint density at radius 2 is 2.00 bits per heavy atom. The lowest BCUT2D eigenvalue weighted by molar-refractivity contribution is 0.305. The maximum absolute atomic E-state index is 5.83. The second-order valence-electron chi connectivity index (χ2n) is 4.71. The molecule has 2 nitrogen and oxygen atoms in total. The minimum absolute atomic E-state index is 0.545. The number of ether oxygens (including phenoxy) is 1. The van der Waals surface area contributed by atoms with E-state index in [-0.39, 0.29) is 0 Å². The number of rotatable bonds is 6. The Morgan fingerprint density at radius 1 is 1.21 bits per heavy atom. The minimum atomic E-state index is 0.545. The third kappa shape index (κ3) is 3.71. The van der Waals surface area contributed by atoms with Crippen LogP contribution in [0.3, 0.4) is 0 Å². The molecule has 0 aliphatic carbocycles. The van der Waals surface area contributed by atoms with E-state index >= 15 is 0 Å². The summed E-state index contributed by atoms with van der Waals surface area (Å²) in [6.45, 7) is 5.92. The molecule has 19 heavy (non-hydrogen) atoms. The first kappa shape index (κ1) is 14.4. The Bertz CT molecular complexity index is 541. The van der Waals surface area contributed by atoms with Crippen molar-refractivity contribution in [2.75, 3.05) is 13.2 Å². The van der Waals surface area contributed by atoms with Gasteiger partial charge in [-0.15, -0.1) is 0 Å². The SMILES string of the molecule is CC[C@@H](C)NCCOc1ccc2ccccc2c1Br. The molecular formula is C16H20BrNO. The van der Waals surface area contributed by atoms with E-state index in [1.807, 2.05) is 18.2 Å². The van der Waals surface area contributed by atoms with Crippen LogP contribution in [0.15, 0.2) is 40.9 Å². The number of halogens is 1. The minimum Gasteiger partial charge on any atom is -0.491 e. The molecule has 0 aliphatic rings. The van der Waals surface area contributed by atoms with Crippen LogP contribution in [0.1, 0.15) is 20.3 Å². The molecule has 0 radical (unpaired) electrons. The van der Waals surface area contributed by atoms with Gasteiger partial charge < -0.3 is 10.1 Å². The second-order valence-corrected chi connectivity index (χ2v) is 5.50. The largest absolute Gasteiger partial charge is 0.491 e. The van der Waals surface area contributed by atoms with Crippen LogP contribution in [0.4, 0.5) is 0 Å². The summed E-state index contributed by atoms with van der Waals surface area (Å²) in [7, 11) is 0. The van der Waals surface area contributed by atoms with Crippen LogP contribution in [-0.4, -0.2) is 19.2 Å². The van der Waals surface area contributed by atoms with Crippen LogP contribution in [0, 0.1) is 0 Å². The van der Waals surface area contributed by atoms with Gasteiger partial charge in [-0.2, -0.15) is 0 Å². The Morgan fingerprint density at radius 3 is 2.79 bits per heavy atom. The van der Waals surface area contributed by atoms with Gasteiger partial charge in [0.2, 0.25) is 0 Å². The number of fused-ring (bicyclic) bond motifs is 1. The van der Waals surface area contributed by atoms with Crippen molar-refractivity contribution in [3.63, 3.8) is 0 Å². The number of nitrogens with one attached hydrogen (secondary N) is 1. The van der Waals surface area contributed by atoms with Gasteiger partial charge in [0, 0.05) is 12.6 Å². The van der Waals surface area contributed by atoms with Gasteiger partial charge in [0.05, 0.1) is 4.47 Å². The van der Waals surface area contributed by atoms with E-state index in [2.05, 4.69) is 53.3 Å². The van der Waals surface area contributed by atoms with Crippen molar-refractivity contribution >= 4 is 26.7 Å². The van der Waals surface area contributed by atoms with Crippen LogP contribution in [0.2, 0.25) is 0 Å². The van der Waals surface area contributed by atoms with E-state index in [4.69, 9.17) is 4.74 Å². The Kier molecular flexibility index (Phi) is 5.23. The second kappa shape index (κ2) is 6.92. The zero-order chi connectivity index (χ0) is 13.7. The van der Waals surface area contributed by atoms with Gasteiger partial charge in [-0.25, -0.2) is 0 Å². The molecule has 0 saturated carbocycles. The molecule has 3 heteroatoms. The Labute approximate surface area is 123 Å². The Hall–Kier alpha value is -1.06. The normalized spacial score (nSPS) is 12.6. The highest BCUT2D eigenvalue weighted by Crippen LogP contribution is 2.32. The van der Waals surface area contributed by atoms with Gasteiger partial charge in [-0.3, -0.25) is 0 Å². The van der Waals surface area contributed by atoms with Crippen molar-refractivity contribution in [3.8, 4) is 5.75 Å². The van der Waals surface area contributed by atoms with E-state index in [0.717, 1.165) is 23.2 Å². The van der Waals surface area contributed by atoms with Crippen molar-refractivity contribution in [2.24, 2.45) is 0 Å². The molecule has 2 rings (SSSR count). The highest BCUT2D eigenvalue weighted by molar-refractivity contribution is 9.10. The topological polar surface area (TPSA) is 21.3 Å². The van der Waals surface area contributed by atoms with Crippen molar-refractivity contribution < 1.29 is 4.74 Å². The lowest BCUT2D eigenvalue weighted by atomic mass is 10.1. The van der Waals surface area contributed by atoms with E-state index in [1.165, 1.54) is 10.8 Å². The number of hydrogen-bond donors (Lipinski definition) is 1. The quantitative estimate of drug-likeness (QED) is 0.798. The Balaban J connectivity index is 1.99. The molecule has 0 saturated heterocycles. The van der Waals surface area contributed by atoms with Gasteiger partial charge in [-0.1, -0.05) is 37.3 Å². The molecule has 0 aliphatic heterocycles. The first-order valence-electron chi connectivity index (χ1n) is 6.75. The first-order chi connectivity index (χ1) is 9.22. The van der Waals surface area contributed by atoms with Crippen LogP contribution >= 0.6 is 15.9 Å². The van der Waals surface area contributed by atoms with E-state index in [9.17, 15) is 0 Å². The molecule has 0 bridgehead atoms. The molecule has 0 heterocycles. The number of hydrogen-bond acceptors (Lipinski definition) is 2. The lowest BCUT2D eigenvalue weighted by Gasteiger charge is -2.13. The monoisotopic (exact) mass is 321 g/mol. The summed E-state index contributed by atoms with van der Waals surface area (Å²) in [5, 5.41) is 5.83. The summed E-state index contributed by atoms with van der Waals surface area (Å²) in [5.74, 6) is 0.907.